The molecule has 2 rings (SSSR count). The molecule has 3 atom stereocenters. The van der Waals surface area contributed by atoms with Crippen molar-refractivity contribution in [2.24, 2.45) is 0 Å². The Morgan fingerprint density at radius 2 is 2.22 bits per heavy atom. The molecule has 2 heterocycles. The predicted octanol–water partition coefficient (Wildman–Crippen LogP) is 3.08. The van der Waals surface area contributed by atoms with Gasteiger partial charge >= 0.3 is 0 Å². The van der Waals surface area contributed by atoms with Crippen LogP contribution in [0.4, 0.5) is 0 Å². The Balaban J connectivity index is 1.93. The van der Waals surface area contributed by atoms with E-state index >= 15 is 0 Å². The van der Waals surface area contributed by atoms with Gasteiger partial charge in [0.1, 0.15) is 0 Å². The zero-order valence-electron chi connectivity index (χ0n) is 11.6. The lowest BCUT2D eigenvalue weighted by molar-refractivity contribution is -0.0789. The third kappa shape index (κ3) is 3.30. The molecule has 0 spiro atoms. The number of ether oxygens (including phenoxy) is 1. The first-order valence-corrected chi connectivity index (χ1v) is 6.93. The molecule has 100 valence electrons. The van der Waals surface area contributed by atoms with E-state index in [1.165, 1.54) is 5.56 Å². The van der Waals surface area contributed by atoms with Gasteiger partial charge in [-0.25, -0.2) is 0 Å². The summed E-state index contributed by atoms with van der Waals surface area (Å²) in [6.45, 7) is 7.51. The van der Waals surface area contributed by atoms with Crippen LogP contribution in [0.25, 0.3) is 0 Å². The van der Waals surface area contributed by atoms with Crippen LogP contribution < -0.4 is 5.32 Å². The molecule has 0 radical (unpaired) electrons. The molecule has 1 fully saturated rings. The van der Waals surface area contributed by atoms with E-state index in [2.05, 4.69) is 43.2 Å². The van der Waals surface area contributed by atoms with Crippen LogP contribution in [-0.4, -0.2) is 23.2 Å². The molecule has 3 unspecified atom stereocenters. The SMILES string of the molecule is CCC1(C)CC(NC(C)c2ccncc2)CCO1. The van der Waals surface area contributed by atoms with E-state index < -0.39 is 0 Å². The van der Waals surface area contributed by atoms with Gasteiger partial charge in [-0.2, -0.15) is 0 Å². The Labute approximate surface area is 110 Å². The molecule has 0 aliphatic carbocycles. The van der Waals surface area contributed by atoms with Crippen molar-refractivity contribution in [3.8, 4) is 0 Å². The van der Waals surface area contributed by atoms with Crippen LogP contribution in [0.2, 0.25) is 0 Å². The summed E-state index contributed by atoms with van der Waals surface area (Å²) in [5, 5.41) is 3.72. The van der Waals surface area contributed by atoms with Gasteiger partial charge in [-0.3, -0.25) is 4.98 Å². The maximum absolute atomic E-state index is 5.88. The quantitative estimate of drug-likeness (QED) is 0.889. The zero-order chi connectivity index (χ0) is 13.0. The number of rotatable bonds is 4. The van der Waals surface area contributed by atoms with E-state index in [4.69, 9.17) is 4.74 Å². The van der Waals surface area contributed by atoms with Gasteiger partial charge < -0.3 is 10.1 Å². The largest absolute Gasteiger partial charge is 0.375 e. The average Bonchev–Trinajstić information content (AvgIpc) is 2.40. The number of pyridine rings is 1. The van der Waals surface area contributed by atoms with Gasteiger partial charge in [-0.05, 0) is 50.8 Å². The first-order chi connectivity index (χ1) is 8.63. The number of nitrogens with zero attached hydrogens (tertiary/aromatic N) is 1. The van der Waals surface area contributed by atoms with E-state index in [-0.39, 0.29) is 5.60 Å². The Morgan fingerprint density at radius 3 is 2.89 bits per heavy atom. The van der Waals surface area contributed by atoms with Gasteiger partial charge in [0.2, 0.25) is 0 Å². The summed E-state index contributed by atoms with van der Waals surface area (Å²) in [5.41, 5.74) is 1.35. The normalized spacial score (nSPS) is 30.1. The Morgan fingerprint density at radius 1 is 1.50 bits per heavy atom. The summed E-state index contributed by atoms with van der Waals surface area (Å²) in [6, 6.07) is 5.08. The van der Waals surface area contributed by atoms with Gasteiger partial charge in [-0.1, -0.05) is 6.92 Å². The minimum absolute atomic E-state index is 0.0495. The first kappa shape index (κ1) is 13.5. The molecular weight excluding hydrogens is 224 g/mol. The summed E-state index contributed by atoms with van der Waals surface area (Å²) < 4.78 is 5.88. The summed E-state index contributed by atoms with van der Waals surface area (Å²) >= 11 is 0. The first-order valence-electron chi connectivity index (χ1n) is 6.93. The lowest BCUT2D eigenvalue weighted by atomic mass is 9.89. The number of nitrogens with one attached hydrogen (secondary N) is 1. The smallest absolute Gasteiger partial charge is 0.0666 e. The molecule has 3 nitrogen and oxygen atoms in total. The lowest BCUT2D eigenvalue weighted by Gasteiger charge is -2.39. The van der Waals surface area contributed by atoms with Gasteiger partial charge in [0.05, 0.1) is 5.60 Å². The van der Waals surface area contributed by atoms with Crippen molar-refractivity contribution in [2.75, 3.05) is 6.61 Å². The molecule has 18 heavy (non-hydrogen) atoms. The second-order valence-electron chi connectivity index (χ2n) is 5.51. The average molecular weight is 248 g/mol. The molecule has 3 heteroatoms. The number of hydrogen-bond donors (Lipinski definition) is 1. The van der Waals surface area contributed by atoms with Crippen molar-refractivity contribution in [3.63, 3.8) is 0 Å². The molecule has 1 aromatic rings. The van der Waals surface area contributed by atoms with E-state index in [9.17, 15) is 0 Å². The summed E-state index contributed by atoms with van der Waals surface area (Å²) in [7, 11) is 0. The van der Waals surface area contributed by atoms with Crippen LogP contribution in [0.5, 0.6) is 0 Å². The third-order valence-electron chi connectivity index (χ3n) is 4.03. The Kier molecular flexibility index (Phi) is 4.36. The van der Waals surface area contributed by atoms with E-state index in [0.29, 0.717) is 12.1 Å². The Hall–Kier alpha value is -0.930. The van der Waals surface area contributed by atoms with Crippen molar-refractivity contribution < 1.29 is 4.74 Å². The highest BCUT2D eigenvalue weighted by molar-refractivity contribution is 5.14. The highest BCUT2D eigenvalue weighted by atomic mass is 16.5. The third-order valence-corrected chi connectivity index (χ3v) is 4.03. The second kappa shape index (κ2) is 5.81. The molecule has 0 saturated carbocycles. The molecular formula is C15H24N2O. The van der Waals surface area contributed by atoms with Crippen LogP contribution in [0.15, 0.2) is 24.5 Å². The van der Waals surface area contributed by atoms with Crippen molar-refractivity contribution in [3.05, 3.63) is 30.1 Å². The lowest BCUT2D eigenvalue weighted by Crippen LogP contribution is -2.45. The predicted molar refractivity (Wildman–Crippen MR) is 73.5 cm³/mol. The highest BCUT2D eigenvalue weighted by Gasteiger charge is 2.32. The van der Waals surface area contributed by atoms with Crippen LogP contribution in [0.3, 0.4) is 0 Å². The van der Waals surface area contributed by atoms with Gasteiger partial charge in [0.25, 0.3) is 0 Å². The van der Waals surface area contributed by atoms with Crippen molar-refractivity contribution in [1.82, 2.24) is 10.3 Å². The van der Waals surface area contributed by atoms with Gasteiger partial charge in [0, 0.05) is 31.1 Å². The molecule has 1 saturated heterocycles. The van der Waals surface area contributed by atoms with Crippen molar-refractivity contribution in [1.29, 1.82) is 0 Å². The standard InChI is InChI=1S/C15H24N2O/c1-4-15(3)11-14(7-10-18-15)17-12(2)13-5-8-16-9-6-13/h5-6,8-9,12,14,17H,4,7,10-11H2,1-3H3. The van der Waals surface area contributed by atoms with Gasteiger partial charge in [0.15, 0.2) is 0 Å². The van der Waals surface area contributed by atoms with Crippen LogP contribution in [0, 0.1) is 0 Å². The van der Waals surface area contributed by atoms with Crippen molar-refractivity contribution in [2.45, 2.75) is 57.7 Å². The highest BCUT2D eigenvalue weighted by Crippen LogP contribution is 2.28. The summed E-state index contributed by atoms with van der Waals surface area (Å²) in [6.07, 6.45) is 6.99. The molecule has 0 aromatic carbocycles. The number of aromatic nitrogens is 1. The number of hydrogen-bond acceptors (Lipinski definition) is 3. The zero-order valence-corrected chi connectivity index (χ0v) is 11.6. The van der Waals surface area contributed by atoms with Gasteiger partial charge in [-0.15, -0.1) is 0 Å². The molecule has 1 aliphatic rings. The fraction of sp³-hybridized carbons (Fsp3) is 0.667. The van der Waals surface area contributed by atoms with E-state index in [0.717, 1.165) is 25.9 Å². The summed E-state index contributed by atoms with van der Waals surface area (Å²) in [5.74, 6) is 0. The fourth-order valence-corrected chi connectivity index (χ4v) is 2.62. The van der Waals surface area contributed by atoms with E-state index in [1.54, 1.807) is 0 Å². The topological polar surface area (TPSA) is 34.2 Å². The molecule has 1 N–H and O–H groups in total. The Bertz CT molecular complexity index is 368. The minimum Gasteiger partial charge on any atom is -0.375 e. The van der Waals surface area contributed by atoms with Crippen LogP contribution in [0.1, 0.15) is 51.6 Å². The molecule has 1 aliphatic heterocycles. The van der Waals surface area contributed by atoms with E-state index in [1.807, 2.05) is 12.4 Å². The maximum atomic E-state index is 5.88. The van der Waals surface area contributed by atoms with Crippen molar-refractivity contribution >= 4 is 0 Å². The summed E-state index contributed by atoms with van der Waals surface area (Å²) in [4.78, 5) is 4.06. The van der Waals surface area contributed by atoms with Crippen LogP contribution in [-0.2, 0) is 4.74 Å². The monoisotopic (exact) mass is 248 g/mol. The maximum Gasteiger partial charge on any atom is 0.0666 e. The molecule has 0 amide bonds. The van der Waals surface area contributed by atoms with Crippen LogP contribution >= 0.6 is 0 Å². The molecule has 0 bridgehead atoms. The minimum atomic E-state index is 0.0495. The second-order valence-corrected chi connectivity index (χ2v) is 5.51. The fourth-order valence-electron chi connectivity index (χ4n) is 2.62. The molecule has 1 aromatic heterocycles.